The Morgan fingerprint density at radius 3 is 2.94 bits per heavy atom. The molecule has 0 bridgehead atoms. The summed E-state index contributed by atoms with van der Waals surface area (Å²) in [6.07, 6.45) is 3.69. The van der Waals surface area contributed by atoms with Crippen LogP contribution in [-0.4, -0.2) is 19.7 Å². The summed E-state index contributed by atoms with van der Waals surface area (Å²) in [6, 6.07) is 1.62. The van der Waals surface area contributed by atoms with Crippen LogP contribution in [0.5, 0.6) is 0 Å². The molecule has 0 radical (unpaired) electrons. The van der Waals surface area contributed by atoms with Crippen LogP contribution in [0.15, 0.2) is 18.5 Å². The summed E-state index contributed by atoms with van der Waals surface area (Å²) in [5.41, 5.74) is 6.52. The van der Waals surface area contributed by atoms with E-state index >= 15 is 0 Å². The molecule has 6 nitrogen and oxygen atoms in total. The first-order valence-corrected chi connectivity index (χ1v) is 5.03. The lowest BCUT2D eigenvalue weighted by molar-refractivity contribution is 0.767. The molecule has 2 rings (SSSR count). The number of halogens is 1. The van der Waals surface area contributed by atoms with Gasteiger partial charge in [0.15, 0.2) is 0 Å². The van der Waals surface area contributed by atoms with Gasteiger partial charge >= 0.3 is 0 Å². The fourth-order valence-electron chi connectivity index (χ4n) is 1.28. The van der Waals surface area contributed by atoms with Gasteiger partial charge in [0.2, 0.25) is 5.95 Å². The van der Waals surface area contributed by atoms with Gasteiger partial charge in [-0.1, -0.05) is 11.6 Å². The monoisotopic (exact) mass is 238 g/mol. The number of hydrogen-bond acceptors (Lipinski definition) is 5. The molecule has 0 spiro atoms. The van der Waals surface area contributed by atoms with Crippen molar-refractivity contribution >= 4 is 23.4 Å². The van der Waals surface area contributed by atoms with E-state index in [1.807, 2.05) is 13.2 Å². The van der Waals surface area contributed by atoms with Gasteiger partial charge < -0.3 is 11.1 Å². The van der Waals surface area contributed by atoms with E-state index in [1.165, 1.54) is 0 Å². The van der Waals surface area contributed by atoms with Gasteiger partial charge in [-0.15, -0.1) is 0 Å². The molecule has 2 aromatic heterocycles. The van der Waals surface area contributed by atoms with Crippen molar-refractivity contribution in [2.75, 3.05) is 11.1 Å². The number of nitrogens with one attached hydrogen (secondary N) is 1. The summed E-state index contributed by atoms with van der Waals surface area (Å²) in [5, 5.41) is 7.46. The minimum absolute atomic E-state index is 0.154. The summed E-state index contributed by atoms with van der Waals surface area (Å²) < 4.78 is 1.73. The maximum absolute atomic E-state index is 5.75. The number of nitrogens with two attached hydrogens (primary N) is 1. The highest BCUT2D eigenvalue weighted by atomic mass is 35.5. The van der Waals surface area contributed by atoms with E-state index in [0.717, 1.165) is 5.56 Å². The molecule has 16 heavy (non-hydrogen) atoms. The fourth-order valence-corrected chi connectivity index (χ4v) is 1.47. The van der Waals surface area contributed by atoms with Gasteiger partial charge in [0, 0.05) is 31.4 Å². The number of nitrogen functional groups attached to an aromatic ring is 1. The summed E-state index contributed by atoms with van der Waals surface area (Å²) in [7, 11) is 1.86. The van der Waals surface area contributed by atoms with E-state index in [1.54, 1.807) is 16.9 Å². The van der Waals surface area contributed by atoms with Crippen LogP contribution in [0.4, 0.5) is 11.8 Å². The van der Waals surface area contributed by atoms with Crippen LogP contribution in [0.25, 0.3) is 0 Å². The number of hydrogen-bond donors (Lipinski definition) is 2. The summed E-state index contributed by atoms with van der Waals surface area (Å²) in [5.74, 6) is 0.752. The minimum atomic E-state index is 0.154. The summed E-state index contributed by atoms with van der Waals surface area (Å²) >= 11 is 5.75. The predicted octanol–water partition coefficient (Wildman–Crippen LogP) is 1.06. The smallest absolute Gasteiger partial charge is 0.223 e. The molecule has 84 valence electrons. The van der Waals surface area contributed by atoms with Gasteiger partial charge in [0.25, 0.3) is 0 Å². The van der Waals surface area contributed by atoms with Crippen molar-refractivity contribution in [3.8, 4) is 0 Å². The second kappa shape index (κ2) is 4.36. The zero-order valence-electron chi connectivity index (χ0n) is 8.68. The number of rotatable bonds is 3. The Morgan fingerprint density at radius 2 is 2.31 bits per heavy atom. The van der Waals surface area contributed by atoms with Crippen molar-refractivity contribution in [2.45, 2.75) is 6.54 Å². The van der Waals surface area contributed by atoms with Crippen molar-refractivity contribution in [2.24, 2.45) is 7.05 Å². The first-order chi connectivity index (χ1) is 7.63. The van der Waals surface area contributed by atoms with Crippen LogP contribution in [0.1, 0.15) is 5.56 Å². The van der Waals surface area contributed by atoms with Crippen LogP contribution < -0.4 is 11.1 Å². The highest BCUT2D eigenvalue weighted by Crippen LogP contribution is 2.13. The number of anilines is 2. The number of aromatic nitrogens is 4. The Kier molecular flexibility index (Phi) is 2.91. The van der Waals surface area contributed by atoms with Crippen molar-refractivity contribution in [1.82, 2.24) is 19.7 Å². The third kappa shape index (κ3) is 2.60. The Bertz CT molecular complexity index is 474. The summed E-state index contributed by atoms with van der Waals surface area (Å²) in [6.45, 7) is 0.612. The SMILES string of the molecule is Cn1cc(CNc2cc(Cl)nc(N)n2)cn1. The molecule has 0 saturated carbocycles. The third-order valence-corrected chi connectivity index (χ3v) is 2.14. The Labute approximate surface area is 97.5 Å². The molecule has 0 atom stereocenters. The summed E-state index contributed by atoms with van der Waals surface area (Å²) in [4.78, 5) is 7.77. The molecule has 7 heteroatoms. The van der Waals surface area contributed by atoms with Crippen molar-refractivity contribution in [1.29, 1.82) is 0 Å². The second-order valence-electron chi connectivity index (χ2n) is 3.31. The minimum Gasteiger partial charge on any atom is -0.368 e. The van der Waals surface area contributed by atoms with Crippen LogP contribution in [-0.2, 0) is 13.6 Å². The zero-order chi connectivity index (χ0) is 11.5. The molecule has 0 aromatic carbocycles. The fraction of sp³-hybridized carbons (Fsp3) is 0.222. The number of aryl methyl sites for hydroxylation is 1. The van der Waals surface area contributed by atoms with Gasteiger partial charge in [-0.3, -0.25) is 4.68 Å². The topological polar surface area (TPSA) is 81.7 Å². The lowest BCUT2D eigenvalue weighted by atomic mass is 10.3. The Morgan fingerprint density at radius 1 is 1.50 bits per heavy atom. The number of nitrogens with zero attached hydrogens (tertiary/aromatic N) is 4. The van der Waals surface area contributed by atoms with Crippen LogP contribution in [0.3, 0.4) is 0 Å². The van der Waals surface area contributed by atoms with E-state index in [0.29, 0.717) is 17.5 Å². The van der Waals surface area contributed by atoms with Crippen LogP contribution in [0.2, 0.25) is 5.15 Å². The highest BCUT2D eigenvalue weighted by Gasteiger charge is 2.01. The van der Waals surface area contributed by atoms with E-state index in [2.05, 4.69) is 20.4 Å². The molecule has 0 aliphatic carbocycles. The molecular formula is C9H11ClN6. The lowest BCUT2D eigenvalue weighted by Gasteiger charge is -2.04. The van der Waals surface area contributed by atoms with Crippen molar-refractivity contribution in [3.05, 3.63) is 29.2 Å². The van der Waals surface area contributed by atoms with Crippen LogP contribution >= 0.6 is 11.6 Å². The Balaban J connectivity index is 2.04. The zero-order valence-corrected chi connectivity index (χ0v) is 9.44. The normalized spacial score (nSPS) is 10.4. The average Bonchev–Trinajstić information content (AvgIpc) is 2.60. The quantitative estimate of drug-likeness (QED) is 0.782. The lowest BCUT2D eigenvalue weighted by Crippen LogP contribution is -2.03. The molecule has 2 aromatic rings. The van der Waals surface area contributed by atoms with E-state index < -0.39 is 0 Å². The highest BCUT2D eigenvalue weighted by molar-refractivity contribution is 6.29. The molecule has 0 saturated heterocycles. The maximum atomic E-state index is 5.75. The van der Waals surface area contributed by atoms with Gasteiger partial charge in [0.05, 0.1) is 6.20 Å². The average molecular weight is 239 g/mol. The maximum Gasteiger partial charge on any atom is 0.223 e. The molecule has 0 aliphatic rings. The van der Waals surface area contributed by atoms with Gasteiger partial charge in [0.1, 0.15) is 11.0 Å². The van der Waals surface area contributed by atoms with Crippen molar-refractivity contribution in [3.63, 3.8) is 0 Å². The first kappa shape index (κ1) is 10.7. The molecule has 0 unspecified atom stereocenters. The largest absolute Gasteiger partial charge is 0.368 e. The molecule has 0 aliphatic heterocycles. The van der Waals surface area contributed by atoms with Crippen LogP contribution in [0, 0.1) is 0 Å². The van der Waals surface area contributed by atoms with E-state index in [9.17, 15) is 0 Å². The van der Waals surface area contributed by atoms with E-state index in [4.69, 9.17) is 17.3 Å². The standard InChI is InChI=1S/C9H11ClN6/c1-16-5-6(4-13-16)3-12-8-2-7(10)14-9(11)15-8/h2,4-5H,3H2,1H3,(H3,11,12,14,15). The van der Waals surface area contributed by atoms with Gasteiger partial charge in [-0.25, -0.2) is 4.98 Å². The Hall–Kier alpha value is -1.82. The molecule has 0 amide bonds. The third-order valence-electron chi connectivity index (χ3n) is 1.94. The van der Waals surface area contributed by atoms with E-state index in [-0.39, 0.29) is 5.95 Å². The van der Waals surface area contributed by atoms with Gasteiger partial charge in [-0.05, 0) is 0 Å². The first-order valence-electron chi connectivity index (χ1n) is 4.65. The molecule has 0 fully saturated rings. The molecular weight excluding hydrogens is 228 g/mol. The molecule has 3 N–H and O–H groups in total. The van der Waals surface area contributed by atoms with Gasteiger partial charge in [-0.2, -0.15) is 10.1 Å². The second-order valence-corrected chi connectivity index (χ2v) is 3.70. The predicted molar refractivity (Wildman–Crippen MR) is 62.0 cm³/mol. The van der Waals surface area contributed by atoms with Crippen molar-refractivity contribution < 1.29 is 0 Å². The molecule has 2 heterocycles.